The van der Waals surface area contributed by atoms with Gasteiger partial charge in [-0.05, 0) is 69.9 Å². The fraction of sp³-hybridized carbons (Fsp3) is 0.423. The number of carbonyl (C=O) groups is 1. The molecule has 6 nitrogen and oxygen atoms in total. The monoisotopic (exact) mass is 465 g/mol. The standard InChI is InChI=1S/C26H31N3O3S/c1-16(2)27-24(30)19-9-10-22-23(13-19)28-26(29(25(22)31)14-21-6-5-11-32-21)33-15-20-12-17(3)7-8-18(20)4/h7-10,12-13,16,21H,5-6,11,14-15H2,1-4H3,(H,27,30)/t21-/m1/s1. The van der Waals surface area contributed by atoms with E-state index >= 15 is 0 Å². The molecule has 2 aromatic carbocycles. The smallest absolute Gasteiger partial charge is 0.262 e. The van der Waals surface area contributed by atoms with Gasteiger partial charge in [0.25, 0.3) is 11.5 Å². The second kappa shape index (κ2) is 10.1. The number of carbonyl (C=O) groups excluding carboxylic acids is 1. The van der Waals surface area contributed by atoms with Crippen LogP contribution in [0.2, 0.25) is 0 Å². The second-order valence-electron chi connectivity index (χ2n) is 9.02. The maximum absolute atomic E-state index is 13.5. The molecule has 0 saturated carbocycles. The molecule has 4 rings (SSSR count). The summed E-state index contributed by atoms with van der Waals surface area (Å²) in [7, 11) is 0. The molecule has 0 bridgehead atoms. The highest BCUT2D eigenvalue weighted by molar-refractivity contribution is 7.98. The molecule has 1 amide bonds. The molecule has 0 radical (unpaired) electrons. The van der Waals surface area contributed by atoms with Crippen LogP contribution in [-0.2, 0) is 17.0 Å². The SMILES string of the molecule is Cc1ccc(C)c(CSc2nc3cc(C(=O)NC(C)C)ccc3c(=O)n2C[C@H]2CCCO2)c1. The molecule has 174 valence electrons. The van der Waals surface area contributed by atoms with Crippen LogP contribution in [0.15, 0.2) is 46.3 Å². The molecule has 33 heavy (non-hydrogen) atoms. The molecule has 0 aliphatic carbocycles. The maximum Gasteiger partial charge on any atom is 0.262 e. The first-order valence-electron chi connectivity index (χ1n) is 11.5. The highest BCUT2D eigenvalue weighted by atomic mass is 32.2. The van der Waals surface area contributed by atoms with E-state index in [0.717, 1.165) is 19.4 Å². The van der Waals surface area contributed by atoms with Crippen LogP contribution in [0.3, 0.4) is 0 Å². The third-order valence-electron chi connectivity index (χ3n) is 5.87. The van der Waals surface area contributed by atoms with Crippen molar-refractivity contribution in [1.29, 1.82) is 0 Å². The molecule has 0 spiro atoms. The number of ether oxygens (including phenoxy) is 1. The number of amides is 1. The summed E-state index contributed by atoms with van der Waals surface area (Å²) in [6.07, 6.45) is 1.98. The van der Waals surface area contributed by atoms with E-state index in [1.165, 1.54) is 16.7 Å². The quantitative estimate of drug-likeness (QED) is 0.407. The van der Waals surface area contributed by atoms with E-state index < -0.39 is 0 Å². The number of rotatable bonds is 7. The average molecular weight is 466 g/mol. The van der Waals surface area contributed by atoms with Crippen LogP contribution in [0.5, 0.6) is 0 Å². The largest absolute Gasteiger partial charge is 0.376 e. The van der Waals surface area contributed by atoms with Crippen LogP contribution in [0.25, 0.3) is 10.9 Å². The number of fused-ring (bicyclic) bond motifs is 1. The minimum absolute atomic E-state index is 0.0260. The summed E-state index contributed by atoms with van der Waals surface area (Å²) >= 11 is 1.56. The van der Waals surface area contributed by atoms with Crippen molar-refractivity contribution >= 4 is 28.6 Å². The van der Waals surface area contributed by atoms with Gasteiger partial charge in [-0.1, -0.05) is 35.5 Å². The van der Waals surface area contributed by atoms with Gasteiger partial charge >= 0.3 is 0 Å². The number of nitrogens with zero attached hydrogens (tertiary/aromatic N) is 2. The first kappa shape index (κ1) is 23.5. The number of benzene rings is 2. The summed E-state index contributed by atoms with van der Waals surface area (Å²) < 4.78 is 7.57. The summed E-state index contributed by atoms with van der Waals surface area (Å²) in [5, 5.41) is 4.08. The highest BCUT2D eigenvalue weighted by Crippen LogP contribution is 2.26. The molecule has 1 aromatic heterocycles. The van der Waals surface area contributed by atoms with E-state index in [4.69, 9.17) is 9.72 Å². The van der Waals surface area contributed by atoms with Crippen LogP contribution in [0, 0.1) is 13.8 Å². The molecule has 1 aliphatic rings. The highest BCUT2D eigenvalue weighted by Gasteiger charge is 2.21. The van der Waals surface area contributed by atoms with Crippen molar-refractivity contribution in [2.45, 2.75) is 70.1 Å². The number of aromatic nitrogens is 2. The van der Waals surface area contributed by atoms with E-state index in [0.29, 0.717) is 33.9 Å². The molecule has 3 aromatic rings. The lowest BCUT2D eigenvalue weighted by molar-refractivity contribution is 0.0937. The van der Waals surface area contributed by atoms with Crippen molar-refractivity contribution < 1.29 is 9.53 Å². The summed E-state index contributed by atoms with van der Waals surface area (Å²) in [5.74, 6) is 0.548. The Bertz CT molecular complexity index is 1230. The van der Waals surface area contributed by atoms with Gasteiger partial charge in [-0.15, -0.1) is 0 Å². The van der Waals surface area contributed by atoms with Crippen LogP contribution in [0.1, 0.15) is 53.7 Å². The number of aryl methyl sites for hydroxylation is 2. The Balaban J connectivity index is 1.73. The van der Waals surface area contributed by atoms with Crippen LogP contribution in [0.4, 0.5) is 0 Å². The minimum Gasteiger partial charge on any atom is -0.376 e. The maximum atomic E-state index is 13.5. The van der Waals surface area contributed by atoms with Gasteiger partial charge in [-0.3, -0.25) is 14.2 Å². The molecular formula is C26H31N3O3S. The zero-order chi connectivity index (χ0) is 23.5. The minimum atomic E-state index is -0.165. The Labute approximate surface area is 198 Å². The molecule has 7 heteroatoms. The van der Waals surface area contributed by atoms with Crippen molar-refractivity contribution in [2.75, 3.05) is 6.61 Å². The Kier molecular flexibility index (Phi) is 7.20. The van der Waals surface area contributed by atoms with Gasteiger partial charge in [0, 0.05) is 24.0 Å². The van der Waals surface area contributed by atoms with Gasteiger partial charge in [0.15, 0.2) is 5.16 Å². The van der Waals surface area contributed by atoms with Crippen molar-refractivity contribution in [3.05, 3.63) is 69.0 Å². The lowest BCUT2D eigenvalue weighted by atomic mass is 10.1. The topological polar surface area (TPSA) is 73.2 Å². The number of hydrogen-bond donors (Lipinski definition) is 1. The first-order chi connectivity index (χ1) is 15.8. The Morgan fingerprint density at radius 1 is 1.24 bits per heavy atom. The predicted octanol–water partition coefficient (Wildman–Crippen LogP) is 4.62. The Hall–Kier alpha value is -2.64. The van der Waals surface area contributed by atoms with E-state index in [2.05, 4.69) is 37.4 Å². The Morgan fingerprint density at radius 3 is 2.79 bits per heavy atom. The number of hydrogen-bond acceptors (Lipinski definition) is 5. The predicted molar refractivity (Wildman–Crippen MR) is 133 cm³/mol. The van der Waals surface area contributed by atoms with Gasteiger partial charge in [-0.2, -0.15) is 0 Å². The lowest BCUT2D eigenvalue weighted by Crippen LogP contribution is -2.31. The fourth-order valence-corrected chi connectivity index (χ4v) is 5.12. The summed E-state index contributed by atoms with van der Waals surface area (Å²) in [6.45, 7) is 9.25. The van der Waals surface area contributed by atoms with Gasteiger partial charge in [0.05, 0.1) is 23.6 Å². The summed E-state index contributed by atoms with van der Waals surface area (Å²) in [4.78, 5) is 30.8. The van der Waals surface area contributed by atoms with Gasteiger partial charge in [-0.25, -0.2) is 4.98 Å². The average Bonchev–Trinajstić information content (AvgIpc) is 3.29. The van der Waals surface area contributed by atoms with Crippen LogP contribution in [-0.4, -0.2) is 34.2 Å². The molecule has 1 N–H and O–H groups in total. The van der Waals surface area contributed by atoms with E-state index in [1.807, 2.05) is 13.8 Å². The van der Waals surface area contributed by atoms with E-state index in [1.54, 1.807) is 34.5 Å². The van der Waals surface area contributed by atoms with Crippen LogP contribution >= 0.6 is 11.8 Å². The van der Waals surface area contributed by atoms with Crippen molar-refractivity contribution in [3.63, 3.8) is 0 Å². The molecule has 1 aliphatic heterocycles. The van der Waals surface area contributed by atoms with Gasteiger partial charge in [0.1, 0.15) is 0 Å². The van der Waals surface area contributed by atoms with Gasteiger partial charge < -0.3 is 10.1 Å². The van der Waals surface area contributed by atoms with Gasteiger partial charge in [0.2, 0.25) is 0 Å². The van der Waals surface area contributed by atoms with E-state index in [9.17, 15) is 9.59 Å². The third kappa shape index (κ3) is 5.47. The van der Waals surface area contributed by atoms with Crippen LogP contribution < -0.4 is 10.9 Å². The summed E-state index contributed by atoms with van der Waals surface area (Å²) in [6, 6.07) is 11.6. The van der Waals surface area contributed by atoms with E-state index in [-0.39, 0.29) is 23.6 Å². The first-order valence-corrected chi connectivity index (χ1v) is 12.5. The van der Waals surface area contributed by atoms with Crippen molar-refractivity contribution in [1.82, 2.24) is 14.9 Å². The zero-order valence-corrected chi connectivity index (χ0v) is 20.5. The zero-order valence-electron chi connectivity index (χ0n) is 19.7. The molecule has 1 fully saturated rings. The fourth-order valence-electron chi connectivity index (χ4n) is 4.05. The Morgan fingerprint density at radius 2 is 2.06 bits per heavy atom. The molecule has 2 heterocycles. The summed E-state index contributed by atoms with van der Waals surface area (Å²) in [5.41, 5.74) is 4.61. The third-order valence-corrected chi connectivity index (χ3v) is 6.90. The second-order valence-corrected chi connectivity index (χ2v) is 9.97. The van der Waals surface area contributed by atoms with Crippen molar-refractivity contribution in [2.24, 2.45) is 0 Å². The normalized spacial score (nSPS) is 16.0. The molecule has 0 unspecified atom stereocenters. The lowest BCUT2D eigenvalue weighted by Gasteiger charge is -2.17. The van der Waals surface area contributed by atoms with Crippen molar-refractivity contribution in [3.8, 4) is 0 Å². The molecule has 1 atom stereocenters. The number of nitrogens with one attached hydrogen (secondary N) is 1. The number of thioether (sulfide) groups is 1. The molecular weight excluding hydrogens is 434 g/mol. The molecule has 1 saturated heterocycles.